The first-order chi connectivity index (χ1) is 21.9. The van der Waals surface area contributed by atoms with Crippen LogP contribution < -0.4 is 26.4 Å². The largest absolute Gasteiger partial charge is 0.392 e. The van der Waals surface area contributed by atoms with E-state index in [0.29, 0.717) is 28.1 Å². The Morgan fingerprint density at radius 1 is 1.17 bits per heavy atom. The molecule has 0 aliphatic carbocycles. The molecule has 10 nitrogen and oxygen atoms in total. The topological polar surface area (TPSA) is 140 Å². The number of halogens is 1. The Hall–Kier alpha value is -4.87. The van der Waals surface area contributed by atoms with Gasteiger partial charge in [-0.05, 0) is 59.9 Å². The molecule has 0 bridgehead atoms. The van der Waals surface area contributed by atoms with Crippen molar-refractivity contribution in [2.24, 2.45) is 7.05 Å². The van der Waals surface area contributed by atoms with Crippen LogP contribution in [0.5, 0.6) is 0 Å². The van der Waals surface area contributed by atoms with E-state index in [1.54, 1.807) is 49.8 Å². The van der Waals surface area contributed by atoms with Crippen molar-refractivity contribution in [2.75, 3.05) is 42.2 Å². The van der Waals surface area contributed by atoms with E-state index in [2.05, 4.69) is 32.8 Å². The maximum absolute atomic E-state index is 15.3. The molecule has 2 aromatic heterocycles. The molecule has 4 aromatic rings. The van der Waals surface area contributed by atoms with Gasteiger partial charge in [-0.3, -0.25) is 9.59 Å². The van der Waals surface area contributed by atoms with Crippen LogP contribution >= 0.6 is 0 Å². The zero-order valence-corrected chi connectivity index (χ0v) is 27.2. The summed E-state index contributed by atoms with van der Waals surface area (Å²) in [6.45, 7) is 10.1. The molecular weight excluding hydrogens is 585 g/mol. The molecular formula is C35H43FN7O3+. The Kier molecular flexibility index (Phi) is 10.7. The Morgan fingerprint density at radius 3 is 2.54 bits per heavy atom. The number of carbonyl (C=O) groups is 1. The van der Waals surface area contributed by atoms with Gasteiger partial charge in [0.2, 0.25) is 0 Å². The number of quaternary nitrogens is 1. The minimum absolute atomic E-state index is 0.154. The van der Waals surface area contributed by atoms with E-state index in [9.17, 15) is 14.7 Å². The van der Waals surface area contributed by atoms with Gasteiger partial charge in [-0.1, -0.05) is 32.9 Å². The molecule has 0 fully saturated rings. The lowest BCUT2D eigenvalue weighted by molar-refractivity contribution is -0.624. The van der Waals surface area contributed by atoms with Crippen LogP contribution in [0.3, 0.4) is 0 Å². The Bertz CT molecular complexity index is 1780. The number of nitrogens with one attached hydrogen (secondary N) is 3. The van der Waals surface area contributed by atoms with Crippen molar-refractivity contribution < 1.29 is 19.6 Å². The van der Waals surface area contributed by atoms with Gasteiger partial charge in [0, 0.05) is 48.4 Å². The SMILES string of the molecule is CCN(CC[NH2+]C)c1ccc(Nc2cc(-c3cccc(NC(=O)c4c(F)cc(C(C)(C)C)cc4C=N)c3CO)cn(C)c2=O)nc1. The number of likely N-dealkylation sites (N-methyl/N-ethyl adjacent to an activating group) is 2. The van der Waals surface area contributed by atoms with Gasteiger partial charge >= 0.3 is 0 Å². The van der Waals surface area contributed by atoms with Crippen LogP contribution in [0, 0.1) is 11.2 Å². The zero-order chi connectivity index (χ0) is 33.6. The third-order valence-corrected chi connectivity index (χ3v) is 7.89. The number of nitrogens with two attached hydrogens (primary N) is 1. The van der Waals surface area contributed by atoms with Crippen LogP contribution in [-0.2, 0) is 19.1 Å². The van der Waals surface area contributed by atoms with Crippen molar-refractivity contribution in [1.29, 1.82) is 5.41 Å². The van der Waals surface area contributed by atoms with Gasteiger partial charge in [0.1, 0.15) is 17.3 Å². The summed E-state index contributed by atoms with van der Waals surface area (Å²) in [7, 11) is 3.66. The second kappa shape index (κ2) is 14.5. The summed E-state index contributed by atoms with van der Waals surface area (Å²) in [5.74, 6) is -0.974. The number of rotatable bonds is 12. The fraction of sp³-hybridized carbons (Fsp3) is 0.314. The van der Waals surface area contributed by atoms with E-state index < -0.39 is 18.3 Å². The van der Waals surface area contributed by atoms with E-state index in [1.165, 1.54) is 10.6 Å². The average Bonchev–Trinajstić information content (AvgIpc) is 3.03. The highest BCUT2D eigenvalue weighted by molar-refractivity contribution is 6.10. The number of pyridine rings is 2. The normalized spacial score (nSPS) is 11.3. The first-order valence-corrected chi connectivity index (χ1v) is 15.3. The van der Waals surface area contributed by atoms with Crippen LogP contribution in [0.1, 0.15) is 54.7 Å². The van der Waals surface area contributed by atoms with Gasteiger partial charge in [0.15, 0.2) is 0 Å². The molecule has 242 valence electrons. The first-order valence-electron chi connectivity index (χ1n) is 15.3. The molecule has 46 heavy (non-hydrogen) atoms. The molecule has 0 atom stereocenters. The fourth-order valence-electron chi connectivity index (χ4n) is 5.23. The molecule has 2 aromatic carbocycles. The smallest absolute Gasteiger partial charge is 0.274 e. The number of aliphatic hydroxyl groups is 1. The lowest BCUT2D eigenvalue weighted by atomic mass is 9.85. The number of nitrogens with zero attached hydrogens (tertiary/aromatic N) is 3. The highest BCUT2D eigenvalue weighted by atomic mass is 19.1. The fourth-order valence-corrected chi connectivity index (χ4v) is 5.23. The number of aromatic nitrogens is 2. The monoisotopic (exact) mass is 628 g/mol. The van der Waals surface area contributed by atoms with Gasteiger partial charge in [0.05, 0.1) is 44.2 Å². The average molecular weight is 629 g/mol. The third kappa shape index (κ3) is 7.49. The molecule has 11 heteroatoms. The van der Waals surface area contributed by atoms with Crippen molar-refractivity contribution in [2.45, 2.75) is 39.7 Å². The summed E-state index contributed by atoms with van der Waals surface area (Å²) in [5, 5.41) is 26.2. The molecule has 0 saturated heterocycles. The van der Waals surface area contributed by atoms with Crippen molar-refractivity contribution in [3.05, 3.63) is 99.3 Å². The van der Waals surface area contributed by atoms with Gasteiger partial charge in [0.25, 0.3) is 11.5 Å². The summed E-state index contributed by atoms with van der Waals surface area (Å²) >= 11 is 0. The first kappa shape index (κ1) is 34.0. The number of aryl methyl sites for hydroxylation is 1. The second-order valence-corrected chi connectivity index (χ2v) is 12.1. The molecule has 0 aliphatic heterocycles. The van der Waals surface area contributed by atoms with Crippen molar-refractivity contribution in [3.8, 4) is 11.1 Å². The van der Waals surface area contributed by atoms with Gasteiger partial charge in [-0.15, -0.1) is 0 Å². The highest BCUT2D eigenvalue weighted by Gasteiger charge is 2.23. The molecule has 0 saturated carbocycles. The maximum atomic E-state index is 15.3. The van der Waals surface area contributed by atoms with Crippen molar-refractivity contribution in [3.63, 3.8) is 0 Å². The molecule has 4 rings (SSSR count). The number of carbonyl (C=O) groups excluding carboxylic acids is 1. The van der Waals surface area contributed by atoms with Crippen molar-refractivity contribution >= 4 is 35.0 Å². The van der Waals surface area contributed by atoms with E-state index >= 15 is 4.39 Å². The summed E-state index contributed by atoms with van der Waals surface area (Å²) in [6, 6.07) is 13.5. The summed E-state index contributed by atoms with van der Waals surface area (Å²) in [4.78, 5) is 33.2. The summed E-state index contributed by atoms with van der Waals surface area (Å²) < 4.78 is 16.7. The molecule has 0 spiro atoms. The Balaban J connectivity index is 1.66. The highest BCUT2D eigenvalue weighted by Crippen LogP contribution is 2.32. The molecule has 6 N–H and O–H groups in total. The number of aliphatic hydroxyl groups excluding tert-OH is 1. The standard InChI is InChI=1S/C35H42FN7O3/c1-7-43(14-13-38-5)25-11-12-31(39-19-25)40-30-16-23(20-42(6)34(30)46)26-9-8-10-29(27(26)21-44)41-33(45)32-22(18-37)15-24(17-28(32)36)35(2,3)4/h8-12,15-20,37-38,44H,7,13-14,21H2,1-6H3,(H,39,40)(H,41,45)/p+1. The van der Waals surface area contributed by atoms with Crippen LogP contribution in [-0.4, -0.2) is 53.5 Å². The summed E-state index contributed by atoms with van der Waals surface area (Å²) in [6.07, 6.45) is 4.38. The van der Waals surface area contributed by atoms with E-state index in [-0.39, 0.29) is 33.5 Å². The predicted octanol–water partition coefficient (Wildman–Crippen LogP) is 4.39. The van der Waals surface area contributed by atoms with Gasteiger partial charge in [-0.25, -0.2) is 9.37 Å². The van der Waals surface area contributed by atoms with Crippen LogP contribution in [0.25, 0.3) is 11.1 Å². The lowest BCUT2D eigenvalue weighted by Gasteiger charge is -2.22. The van der Waals surface area contributed by atoms with Gasteiger partial charge < -0.3 is 35.9 Å². The Labute approximate surface area is 268 Å². The van der Waals surface area contributed by atoms with Crippen LogP contribution in [0.15, 0.2) is 65.7 Å². The number of benzene rings is 2. The number of amides is 1. The van der Waals surface area contributed by atoms with Gasteiger partial charge in [-0.2, -0.15) is 0 Å². The predicted molar refractivity (Wildman–Crippen MR) is 182 cm³/mol. The number of hydrogen-bond acceptors (Lipinski definition) is 7. The van der Waals surface area contributed by atoms with E-state index in [0.717, 1.165) is 31.5 Å². The maximum Gasteiger partial charge on any atom is 0.274 e. The molecule has 0 unspecified atom stereocenters. The van der Waals surface area contributed by atoms with E-state index in [4.69, 9.17) is 5.41 Å². The molecule has 0 radical (unpaired) electrons. The Morgan fingerprint density at radius 2 is 1.93 bits per heavy atom. The third-order valence-electron chi connectivity index (χ3n) is 7.89. The van der Waals surface area contributed by atoms with Crippen LogP contribution in [0.2, 0.25) is 0 Å². The quantitative estimate of drug-likeness (QED) is 0.148. The molecule has 0 aliphatic rings. The lowest BCUT2D eigenvalue weighted by Crippen LogP contribution is -2.81. The zero-order valence-electron chi connectivity index (χ0n) is 27.2. The van der Waals surface area contributed by atoms with E-state index in [1.807, 2.05) is 40.0 Å². The minimum Gasteiger partial charge on any atom is -0.392 e. The number of anilines is 4. The van der Waals surface area contributed by atoms with Crippen molar-refractivity contribution in [1.82, 2.24) is 9.55 Å². The molecule has 2 heterocycles. The second-order valence-electron chi connectivity index (χ2n) is 12.1. The minimum atomic E-state index is -0.741. The van der Waals surface area contributed by atoms with Crippen LogP contribution in [0.4, 0.5) is 27.3 Å². The number of hydrogen-bond donors (Lipinski definition) is 5. The molecule has 1 amide bonds. The summed E-state index contributed by atoms with van der Waals surface area (Å²) in [5.41, 5.74) is 3.03.